The first-order chi connectivity index (χ1) is 9.77. The van der Waals surface area contributed by atoms with Crippen molar-refractivity contribution in [3.8, 4) is 0 Å². The Morgan fingerprint density at radius 3 is 1.55 bits per heavy atom. The van der Waals surface area contributed by atoms with Gasteiger partial charge < -0.3 is 9.80 Å². The second-order valence-electron chi connectivity index (χ2n) is 6.45. The topological polar surface area (TPSA) is 23.6 Å². The second-order valence-corrected chi connectivity index (χ2v) is 6.45. The van der Waals surface area contributed by atoms with E-state index in [0.717, 1.165) is 13.1 Å². The van der Waals surface area contributed by atoms with Gasteiger partial charge in [0.05, 0.1) is 0 Å². The molecule has 0 heterocycles. The van der Waals surface area contributed by atoms with Crippen molar-refractivity contribution in [1.82, 2.24) is 9.80 Å². The minimum atomic E-state index is 0.314. The van der Waals surface area contributed by atoms with E-state index in [1.807, 2.05) is 4.90 Å². The number of amides is 2. The Kier molecular flexibility index (Phi) is 6.18. The lowest BCUT2D eigenvalue weighted by Crippen LogP contribution is -2.53. The molecule has 0 saturated heterocycles. The molecule has 2 amide bonds. The van der Waals surface area contributed by atoms with Crippen LogP contribution in [0.15, 0.2) is 0 Å². The zero-order valence-electron chi connectivity index (χ0n) is 13.4. The monoisotopic (exact) mass is 280 g/mol. The van der Waals surface area contributed by atoms with E-state index < -0.39 is 0 Å². The van der Waals surface area contributed by atoms with Crippen molar-refractivity contribution < 1.29 is 4.79 Å². The predicted molar refractivity (Wildman–Crippen MR) is 83.9 cm³/mol. The summed E-state index contributed by atoms with van der Waals surface area (Å²) in [6.45, 7) is 5.87. The smallest absolute Gasteiger partial charge is 0.320 e. The number of hydrogen-bond acceptors (Lipinski definition) is 1. The van der Waals surface area contributed by atoms with Crippen LogP contribution in [0.3, 0.4) is 0 Å². The Balaban J connectivity index is 2.11. The Morgan fingerprint density at radius 2 is 1.20 bits per heavy atom. The fourth-order valence-electron chi connectivity index (χ4n) is 3.99. The standard InChI is InChI=1S/C17H32N2O/c1-3-18(4-2)17(20)19(15-11-7-5-8-12-15)16-13-9-6-10-14-16/h15-16H,3-14H2,1-2H3. The van der Waals surface area contributed by atoms with Crippen LogP contribution in [0.5, 0.6) is 0 Å². The van der Waals surface area contributed by atoms with Gasteiger partial charge in [-0.25, -0.2) is 4.79 Å². The molecule has 0 radical (unpaired) electrons. The molecular formula is C17H32N2O. The molecule has 0 spiro atoms. The molecule has 3 nitrogen and oxygen atoms in total. The van der Waals surface area contributed by atoms with E-state index in [-0.39, 0.29) is 0 Å². The molecule has 2 aliphatic carbocycles. The van der Waals surface area contributed by atoms with Crippen molar-refractivity contribution in [3.05, 3.63) is 0 Å². The van der Waals surface area contributed by atoms with E-state index in [1.165, 1.54) is 64.2 Å². The van der Waals surface area contributed by atoms with Gasteiger partial charge in [0.1, 0.15) is 0 Å². The molecule has 0 N–H and O–H groups in total. The molecule has 0 aromatic heterocycles. The van der Waals surface area contributed by atoms with Gasteiger partial charge in [0.25, 0.3) is 0 Å². The Hall–Kier alpha value is -0.730. The lowest BCUT2D eigenvalue weighted by Gasteiger charge is -2.43. The van der Waals surface area contributed by atoms with E-state index >= 15 is 0 Å². The Bertz CT molecular complexity index is 271. The van der Waals surface area contributed by atoms with Gasteiger partial charge in [-0.15, -0.1) is 0 Å². The van der Waals surface area contributed by atoms with E-state index in [4.69, 9.17) is 0 Å². The zero-order valence-corrected chi connectivity index (χ0v) is 13.4. The van der Waals surface area contributed by atoms with E-state index in [9.17, 15) is 4.79 Å². The first-order valence-electron chi connectivity index (χ1n) is 8.85. The summed E-state index contributed by atoms with van der Waals surface area (Å²) < 4.78 is 0. The molecule has 2 rings (SSSR count). The lowest BCUT2D eigenvalue weighted by atomic mass is 9.89. The van der Waals surface area contributed by atoms with Gasteiger partial charge in [0.2, 0.25) is 0 Å². The van der Waals surface area contributed by atoms with Crippen LogP contribution in [0.1, 0.15) is 78.1 Å². The number of urea groups is 1. The average molecular weight is 280 g/mol. The van der Waals surface area contributed by atoms with Crippen LogP contribution in [0.25, 0.3) is 0 Å². The van der Waals surface area contributed by atoms with Crippen molar-refractivity contribution in [2.75, 3.05) is 13.1 Å². The first kappa shape index (κ1) is 15.7. The van der Waals surface area contributed by atoms with Crippen LogP contribution in [-0.4, -0.2) is 41.0 Å². The van der Waals surface area contributed by atoms with Crippen molar-refractivity contribution in [3.63, 3.8) is 0 Å². The van der Waals surface area contributed by atoms with Crippen LogP contribution in [0.4, 0.5) is 4.79 Å². The van der Waals surface area contributed by atoms with Gasteiger partial charge in [-0.2, -0.15) is 0 Å². The third-order valence-electron chi connectivity index (χ3n) is 5.19. The van der Waals surface area contributed by atoms with Crippen molar-refractivity contribution in [2.24, 2.45) is 0 Å². The molecule has 2 aliphatic rings. The molecule has 0 aromatic rings. The largest absolute Gasteiger partial charge is 0.325 e. The highest BCUT2D eigenvalue weighted by atomic mass is 16.2. The summed E-state index contributed by atoms with van der Waals surface area (Å²) in [5.41, 5.74) is 0. The van der Waals surface area contributed by atoms with Crippen LogP contribution in [0.2, 0.25) is 0 Å². The van der Waals surface area contributed by atoms with Crippen molar-refractivity contribution in [2.45, 2.75) is 90.1 Å². The van der Waals surface area contributed by atoms with E-state index in [1.54, 1.807) is 0 Å². The van der Waals surface area contributed by atoms with Crippen molar-refractivity contribution >= 4 is 6.03 Å². The number of carbonyl (C=O) groups excluding carboxylic acids is 1. The van der Waals surface area contributed by atoms with E-state index in [0.29, 0.717) is 18.1 Å². The summed E-state index contributed by atoms with van der Waals surface area (Å²) in [5.74, 6) is 0. The molecule has 0 aliphatic heterocycles. The molecular weight excluding hydrogens is 248 g/mol. The molecule has 116 valence electrons. The Morgan fingerprint density at radius 1 is 0.800 bits per heavy atom. The fourth-order valence-corrected chi connectivity index (χ4v) is 3.99. The summed E-state index contributed by atoms with van der Waals surface area (Å²) in [7, 11) is 0. The number of carbonyl (C=O) groups is 1. The molecule has 0 bridgehead atoms. The highest BCUT2D eigenvalue weighted by Crippen LogP contribution is 2.31. The summed E-state index contributed by atoms with van der Waals surface area (Å²) in [6, 6.07) is 1.34. The van der Waals surface area contributed by atoms with Crippen LogP contribution in [-0.2, 0) is 0 Å². The molecule has 0 unspecified atom stereocenters. The fraction of sp³-hybridized carbons (Fsp3) is 0.941. The number of hydrogen-bond donors (Lipinski definition) is 0. The molecule has 3 heteroatoms. The average Bonchev–Trinajstić information content (AvgIpc) is 2.51. The summed E-state index contributed by atoms with van der Waals surface area (Å²) in [6.07, 6.45) is 12.8. The highest BCUT2D eigenvalue weighted by molar-refractivity contribution is 5.75. The van der Waals surface area contributed by atoms with Crippen LogP contribution < -0.4 is 0 Å². The maximum atomic E-state index is 13.0. The number of nitrogens with zero attached hydrogens (tertiary/aromatic N) is 2. The molecule has 2 saturated carbocycles. The first-order valence-corrected chi connectivity index (χ1v) is 8.85. The van der Waals surface area contributed by atoms with Gasteiger partial charge in [-0.1, -0.05) is 38.5 Å². The van der Waals surface area contributed by atoms with Gasteiger partial charge in [-0.05, 0) is 39.5 Å². The molecule has 0 atom stereocenters. The normalized spacial score (nSPS) is 21.7. The summed E-state index contributed by atoms with van der Waals surface area (Å²) in [5, 5.41) is 0. The maximum Gasteiger partial charge on any atom is 0.320 e. The van der Waals surface area contributed by atoms with Gasteiger partial charge in [-0.3, -0.25) is 0 Å². The number of rotatable bonds is 4. The van der Waals surface area contributed by atoms with E-state index in [2.05, 4.69) is 18.7 Å². The van der Waals surface area contributed by atoms with Gasteiger partial charge in [0.15, 0.2) is 0 Å². The van der Waals surface area contributed by atoms with Gasteiger partial charge in [0, 0.05) is 25.2 Å². The molecule has 2 fully saturated rings. The quantitative estimate of drug-likeness (QED) is 0.748. The molecule has 20 heavy (non-hydrogen) atoms. The van der Waals surface area contributed by atoms with Crippen LogP contribution in [0, 0.1) is 0 Å². The highest BCUT2D eigenvalue weighted by Gasteiger charge is 2.34. The third kappa shape index (κ3) is 3.67. The van der Waals surface area contributed by atoms with Crippen molar-refractivity contribution in [1.29, 1.82) is 0 Å². The minimum absolute atomic E-state index is 0.314. The lowest BCUT2D eigenvalue weighted by molar-refractivity contribution is 0.0807. The third-order valence-corrected chi connectivity index (χ3v) is 5.19. The zero-order chi connectivity index (χ0) is 14.4. The summed E-state index contributed by atoms with van der Waals surface area (Å²) >= 11 is 0. The predicted octanol–water partition coefficient (Wildman–Crippen LogP) is 4.42. The van der Waals surface area contributed by atoms with Crippen LogP contribution >= 0.6 is 0 Å². The molecule has 0 aromatic carbocycles. The summed E-state index contributed by atoms with van der Waals surface area (Å²) in [4.78, 5) is 17.3. The Labute approximate surface area is 124 Å². The van der Waals surface area contributed by atoms with Gasteiger partial charge >= 0.3 is 6.03 Å². The maximum absolute atomic E-state index is 13.0. The minimum Gasteiger partial charge on any atom is -0.325 e. The second kappa shape index (κ2) is 7.90. The SMILES string of the molecule is CCN(CC)C(=O)N(C1CCCCC1)C1CCCCC1.